The lowest BCUT2D eigenvalue weighted by atomic mass is 9.99. The van der Waals surface area contributed by atoms with Gasteiger partial charge in [0.25, 0.3) is 10.0 Å². The molecule has 2 aliphatic rings. The van der Waals surface area contributed by atoms with E-state index in [-0.39, 0.29) is 34.5 Å². The zero-order valence-corrected chi connectivity index (χ0v) is 16.9. The van der Waals surface area contributed by atoms with Crippen molar-refractivity contribution in [3.63, 3.8) is 0 Å². The number of sulfonamides is 1. The minimum absolute atomic E-state index is 0. The van der Waals surface area contributed by atoms with E-state index in [1.165, 1.54) is 4.31 Å². The number of carbonyl (C=O) groups excluding carboxylic acids is 1. The molecule has 2 fully saturated rings. The molecule has 2 saturated heterocycles. The van der Waals surface area contributed by atoms with E-state index < -0.39 is 10.0 Å². The minimum atomic E-state index is -3.49. The fraction of sp³-hybridized carbons (Fsp3) is 0.667. The predicted octanol–water partition coefficient (Wildman–Crippen LogP) is 2.09. The second-order valence-electron chi connectivity index (χ2n) is 6.32. The molecule has 0 spiro atoms. The molecule has 0 aromatic carbocycles. The first-order valence-electron chi connectivity index (χ1n) is 8.23. The maximum Gasteiger partial charge on any atom is 0.252 e. The Bertz CT molecular complexity index is 690. The Morgan fingerprint density at radius 2 is 2.16 bits per heavy atom. The molecule has 0 bridgehead atoms. The molecule has 3 heterocycles. The molecule has 2 atom stereocenters. The molecular formula is C15H23Cl2N3O3S2. The highest BCUT2D eigenvalue weighted by Crippen LogP contribution is 2.30. The summed E-state index contributed by atoms with van der Waals surface area (Å²) in [5.41, 5.74) is 0. The molecule has 2 N–H and O–H groups in total. The van der Waals surface area contributed by atoms with E-state index in [1.54, 1.807) is 12.1 Å². The first-order valence-corrected chi connectivity index (χ1v) is 10.9. The molecule has 1 amide bonds. The lowest BCUT2D eigenvalue weighted by molar-refractivity contribution is -0.123. The van der Waals surface area contributed by atoms with Crippen LogP contribution in [-0.2, 0) is 14.8 Å². The van der Waals surface area contributed by atoms with Gasteiger partial charge in [-0.1, -0.05) is 11.6 Å². The van der Waals surface area contributed by atoms with Gasteiger partial charge in [-0.15, -0.1) is 23.7 Å². The highest BCUT2D eigenvalue weighted by atomic mass is 35.5. The van der Waals surface area contributed by atoms with Gasteiger partial charge in [-0.25, -0.2) is 8.42 Å². The van der Waals surface area contributed by atoms with Crippen LogP contribution in [0.5, 0.6) is 0 Å². The number of nitrogens with one attached hydrogen (secondary N) is 2. The van der Waals surface area contributed by atoms with E-state index in [9.17, 15) is 13.2 Å². The third-order valence-corrected chi connectivity index (χ3v) is 8.13. The standard InChI is InChI=1S/C15H22ClN3O3S2.ClH/c16-13-5-6-14(23-13)24(21,22)19-8-2-3-11(10-19)9-18-15(20)12-4-1-7-17-12;/h5-6,11-12,17H,1-4,7-10H2,(H,18,20);1H. The van der Waals surface area contributed by atoms with Gasteiger partial charge in [0.05, 0.1) is 10.4 Å². The summed E-state index contributed by atoms with van der Waals surface area (Å²) in [5, 5.41) is 6.14. The smallest absolute Gasteiger partial charge is 0.252 e. The maximum atomic E-state index is 12.7. The summed E-state index contributed by atoms with van der Waals surface area (Å²) in [6.45, 7) is 2.37. The van der Waals surface area contributed by atoms with Crippen LogP contribution < -0.4 is 10.6 Å². The van der Waals surface area contributed by atoms with Crippen LogP contribution in [0, 0.1) is 5.92 Å². The SMILES string of the molecule is Cl.O=C(NCC1CCCN(S(=O)(=O)c2ccc(Cl)s2)C1)C1CCCN1. The van der Waals surface area contributed by atoms with Crippen molar-refractivity contribution >= 4 is 51.3 Å². The number of thiophene rings is 1. The van der Waals surface area contributed by atoms with Gasteiger partial charge in [0.2, 0.25) is 5.91 Å². The zero-order valence-electron chi connectivity index (χ0n) is 13.7. The number of hydrogen-bond donors (Lipinski definition) is 2. The second kappa shape index (κ2) is 9.01. The zero-order chi connectivity index (χ0) is 17.2. The van der Waals surface area contributed by atoms with Crippen molar-refractivity contribution in [2.75, 3.05) is 26.2 Å². The van der Waals surface area contributed by atoms with Gasteiger partial charge in [0.1, 0.15) is 4.21 Å². The third-order valence-electron chi connectivity index (χ3n) is 4.57. The number of amides is 1. The topological polar surface area (TPSA) is 78.5 Å². The van der Waals surface area contributed by atoms with E-state index in [2.05, 4.69) is 10.6 Å². The van der Waals surface area contributed by atoms with Crippen molar-refractivity contribution in [1.82, 2.24) is 14.9 Å². The van der Waals surface area contributed by atoms with Crippen LogP contribution in [0.3, 0.4) is 0 Å². The Morgan fingerprint density at radius 1 is 1.36 bits per heavy atom. The van der Waals surface area contributed by atoms with Crippen molar-refractivity contribution in [3.8, 4) is 0 Å². The molecule has 2 unspecified atom stereocenters. The number of carbonyl (C=O) groups is 1. The Labute approximate surface area is 163 Å². The van der Waals surface area contributed by atoms with E-state index in [0.717, 1.165) is 43.6 Å². The number of rotatable bonds is 5. The Morgan fingerprint density at radius 3 is 2.80 bits per heavy atom. The monoisotopic (exact) mass is 427 g/mol. The van der Waals surface area contributed by atoms with Gasteiger partial charge in [-0.05, 0) is 50.3 Å². The normalized spacial score (nSPS) is 24.7. The van der Waals surface area contributed by atoms with Crippen LogP contribution in [0.25, 0.3) is 0 Å². The molecule has 0 aliphatic carbocycles. The molecule has 142 valence electrons. The first kappa shape index (κ1) is 20.9. The molecular weight excluding hydrogens is 405 g/mol. The summed E-state index contributed by atoms with van der Waals surface area (Å²) in [6, 6.07) is 3.07. The molecule has 1 aromatic heterocycles. The summed E-state index contributed by atoms with van der Waals surface area (Å²) in [7, 11) is -3.49. The molecule has 2 aliphatic heterocycles. The Balaban J connectivity index is 0.00000225. The van der Waals surface area contributed by atoms with Crippen LogP contribution in [0.2, 0.25) is 4.34 Å². The van der Waals surface area contributed by atoms with Crippen LogP contribution in [0.4, 0.5) is 0 Å². The maximum absolute atomic E-state index is 12.7. The summed E-state index contributed by atoms with van der Waals surface area (Å²) in [4.78, 5) is 12.1. The molecule has 25 heavy (non-hydrogen) atoms. The highest BCUT2D eigenvalue weighted by molar-refractivity contribution is 7.91. The number of halogens is 2. The average molecular weight is 428 g/mol. The fourth-order valence-corrected chi connectivity index (χ4v) is 6.44. The highest BCUT2D eigenvalue weighted by Gasteiger charge is 2.32. The van der Waals surface area contributed by atoms with Crippen molar-refractivity contribution in [2.24, 2.45) is 5.92 Å². The van der Waals surface area contributed by atoms with Gasteiger partial charge >= 0.3 is 0 Å². The summed E-state index contributed by atoms with van der Waals surface area (Å²) < 4.78 is 27.6. The predicted molar refractivity (Wildman–Crippen MR) is 102 cm³/mol. The third kappa shape index (κ3) is 5.08. The van der Waals surface area contributed by atoms with Crippen LogP contribution in [-0.4, -0.2) is 50.9 Å². The van der Waals surface area contributed by atoms with Crippen LogP contribution >= 0.6 is 35.3 Å². The van der Waals surface area contributed by atoms with Crippen molar-refractivity contribution in [3.05, 3.63) is 16.5 Å². The van der Waals surface area contributed by atoms with Gasteiger partial charge in [-0.2, -0.15) is 4.31 Å². The van der Waals surface area contributed by atoms with E-state index in [1.807, 2.05) is 0 Å². The van der Waals surface area contributed by atoms with Crippen molar-refractivity contribution < 1.29 is 13.2 Å². The fourth-order valence-electron chi connectivity index (χ4n) is 3.25. The number of nitrogens with zero attached hydrogens (tertiary/aromatic N) is 1. The van der Waals surface area contributed by atoms with Gasteiger partial charge in [0.15, 0.2) is 0 Å². The Hall–Kier alpha value is -0.380. The van der Waals surface area contributed by atoms with Gasteiger partial charge in [-0.3, -0.25) is 4.79 Å². The van der Waals surface area contributed by atoms with E-state index in [4.69, 9.17) is 11.6 Å². The molecule has 6 nitrogen and oxygen atoms in total. The lowest BCUT2D eigenvalue weighted by Gasteiger charge is -2.31. The van der Waals surface area contributed by atoms with E-state index in [0.29, 0.717) is 24.0 Å². The van der Waals surface area contributed by atoms with Crippen molar-refractivity contribution in [2.45, 2.75) is 35.9 Å². The summed E-state index contributed by atoms with van der Waals surface area (Å²) >= 11 is 6.95. The molecule has 0 radical (unpaired) electrons. The molecule has 10 heteroatoms. The van der Waals surface area contributed by atoms with Gasteiger partial charge < -0.3 is 10.6 Å². The average Bonchev–Trinajstić information content (AvgIpc) is 3.24. The van der Waals surface area contributed by atoms with Crippen LogP contribution in [0.1, 0.15) is 25.7 Å². The van der Waals surface area contributed by atoms with Crippen molar-refractivity contribution in [1.29, 1.82) is 0 Å². The molecule has 3 rings (SSSR count). The largest absolute Gasteiger partial charge is 0.354 e. The molecule has 1 aromatic rings. The summed E-state index contributed by atoms with van der Waals surface area (Å²) in [5.74, 6) is 0.173. The lowest BCUT2D eigenvalue weighted by Crippen LogP contribution is -2.46. The van der Waals surface area contributed by atoms with E-state index >= 15 is 0 Å². The quantitative estimate of drug-likeness (QED) is 0.753. The second-order valence-corrected chi connectivity index (χ2v) is 10.2. The number of hydrogen-bond acceptors (Lipinski definition) is 5. The summed E-state index contributed by atoms with van der Waals surface area (Å²) in [6.07, 6.45) is 3.63. The van der Waals surface area contributed by atoms with Crippen LogP contribution in [0.15, 0.2) is 16.3 Å². The Kier molecular flexibility index (Phi) is 7.54. The minimum Gasteiger partial charge on any atom is -0.354 e. The number of piperidine rings is 1. The van der Waals surface area contributed by atoms with Gasteiger partial charge in [0, 0.05) is 19.6 Å². The first-order chi connectivity index (χ1) is 11.5. The molecule has 0 saturated carbocycles.